The first-order valence-corrected chi connectivity index (χ1v) is 8.63. The highest BCUT2D eigenvalue weighted by atomic mass is 32.2. The van der Waals surface area contributed by atoms with Gasteiger partial charge in [0.1, 0.15) is 5.75 Å². The molecule has 0 bridgehead atoms. The molecule has 1 amide bonds. The number of anilines is 1. The zero-order valence-corrected chi connectivity index (χ0v) is 15.5. The topological polar surface area (TPSA) is 64.6 Å². The molecule has 0 saturated heterocycles. The first-order chi connectivity index (χ1) is 12.0. The summed E-state index contributed by atoms with van der Waals surface area (Å²) < 4.78 is 9.88. The van der Waals surface area contributed by atoms with E-state index in [0.717, 1.165) is 10.6 Å². The van der Waals surface area contributed by atoms with Crippen molar-refractivity contribution in [2.75, 3.05) is 19.5 Å². The number of nitrogens with one attached hydrogen (secondary N) is 1. The summed E-state index contributed by atoms with van der Waals surface area (Å²) in [7, 11) is 2.95. The van der Waals surface area contributed by atoms with Crippen LogP contribution in [0.15, 0.2) is 47.4 Å². The second kappa shape index (κ2) is 8.58. The molecule has 1 N–H and O–H groups in total. The highest BCUT2D eigenvalue weighted by Crippen LogP contribution is 2.27. The number of benzene rings is 2. The summed E-state index contributed by atoms with van der Waals surface area (Å²) in [6, 6.07) is 12.7. The highest BCUT2D eigenvalue weighted by Gasteiger charge is 2.18. The molecule has 0 radical (unpaired) electrons. The van der Waals surface area contributed by atoms with Crippen molar-refractivity contribution in [1.82, 2.24) is 0 Å². The summed E-state index contributed by atoms with van der Waals surface area (Å²) in [4.78, 5) is 25.2. The lowest BCUT2D eigenvalue weighted by molar-refractivity contribution is -0.115. The van der Waals surface area contributed by atoms with Gasteiger partial charge in [-0.15, -0.1) is 11.8 Å². The molecule has 132 valence electrons. The SMILES string of the molecule is COC(=O)c1cccc(NC(=O)[C@@H](C)Sc2ccc(OC)cc2)c1C. The first-order valence-electron chi connectivity index (χ1n) is 7.75. The maximum Gasteiger partial charge on any atom is 0.338 e. The van der Waals surface area contributed by atoms with Crippen LogP contribution in [0.5, 0.6) is 5.75 Å². The Hall–Kier alpha value is -2.47. The van der Waals surface area contributed by atoms with Gasteiger partial charge in [-0.3, -0.25) is 4.79 Å². The van der Waals surface area contributed by atoms with Crippen LogP contribution in [0.25, 0.3) is 0 Å². The van der Waals surface area contributed by atoms with Gasteiger partial charge in [-0.2, -0.15) is 0 Å². The van der Waals surface area contributed by atoms with E-state index in [9.17, 15) is 9.59 Å². The van der Waals surface area contributed by atoms with Crippen molar-refractivity contribution in [3.63, 3.8) is 0 Å². The number of carbonyl (C=O) groups is 2. The van der Waals surface area contributed by atoms with E-state index in [4.69, 9.17) is 9.47 Å². The standard InChI is InChI=1S/C19H21NO4S/c1-12-16(19(22)24-4)6-5-7-17(12)20-18(21)13(2)25-15-10-8-14(23-3)9-11-15/h5-11,13H,1-4H3,(H,20,21)/t13-/m1/s1. The van der Waals surface area contributed by atoms with E-state index in [1.54, 1.807) is 32.2 Å². The molecule has 1 atom stereocenters. The van der Waals surface area contributed by atoms with Gasteiger partial charge in [-0.25, -0.2) is 4.79 Å². The molecule has 25 heavy (non-hydrogen) atoms. The molecule has 0 saturated carbocycles. The smallest absolute Gasteiger partial charge is 0.338 e. The van der Waals surface area contributed by atoms with Gasteiger partial charge in [0.05, 0.1) is 25.0 Å². The molecule has 5 nitrogen and oxygen atoms in total. The minimum absolute atomic E-state index is 0.133. The zero-order chi connectivity index (χ0) is 18.4. The zero-order valence-electron chi connectivity index (χ0n) is 14.7. The maximum absolute atomic E-state index is 12.5. The molecule has 0 aromatic heterocycles. The number of hydrogen-bond donors (Lipinski definition) is 1. The van der Waals surface area contributed by atoms with E-state index in [1.807, 2.05) is 31.2 Å². The van der Waals surface area contributed by atoms with Gasteiger partial charge in [0.15, 0.2) is 0 Å². The molecule has 2 aromatic rings. The van der Waals surface area contributed by atoms with E-state index in [2.05, 4.69) is 5.32 Å². The van der Waals surface area contributed by atoms with Crippen molar-refractivity contribution in [2.24, 2.45) is 0 Å². The molecule has 0 aliphatic heterocycles. The number of hydrogen-bond acceptors (Lipinski definition) is 5. The molecule has 0 spiro atoms. The molecule has 0 fully saturated rings. The predicted molar refractivity (Wildman–Crippen MR) is 99.5 cm³/mol. The summed E-state index contributed by atoms with van der Waals surface area (Å²) in [5.41, 5.74) is 1.73. The maximum atomic E-state index is 12.5. The first kappa shape index (κ1) is 18.9. The van der Waals surface area contributed by atoms with E-state index in [-0.39, 0.29) is 11.2 Å². The van der Waals surface area contributed by atoms with Gasteiger partial charge in [0, 0.05) is 10.6 Å². The van der Waals surface area contributed by atoms with Crippen LogP contribution in [-0.4, -0.2) is 31.3 Å². The minimum Gasteiger partial charge on any atom is -0.497 e. The third-order valence-corrected chi connectivity index (χ3v) is 4.85. The second-order valence-electron chi connectivity index (χ2n) is 5.39. The van der Waals surface area contributed by atoms with Gasteiger partial charge in [0.25, 0.3) is 0 Å². The van der Waals surface area contributed by atoms with Crippen LogP contribution in [0.3, 0.4) is 0 Å². The molecule has 6 heteroatoms. The fraction of sp³-hybridized carbons (Fsp3) is 0.263. The molecule has 0 aliphatic rings. The largest absolute Gasteiger partial charge is 0.497 e. The van der Waals surface area contributed by atoms with Crippen LogP contribution in [-0.2, 0) is 9.53 Å². The number of esters is 1. The summed E-state index contributed by atoms with van der Waals surface area (Å²) in [5, 5.41) is 2.58. The number of carbonyl (C=O) groups excluding carboxylic acids is 2. The highest BCUT2D eigenvalue weighted by molar-refractivity contribution is 8.00. The average Bonchev–Trinajstić information content (AvgIpc) is 2.63. The lowest BCUT2D eigenvalue weighted by atomic mass is 10.1. The average molecular weight is 359 g/mol. The Balaban J connectivity index is 2.06. The van der Waals surface area contributed by atoms with Crippen molar-refractivity contribution in [3.8, 4) is 5.75 Å². The minimum atomic E-state index is -0.422. The fourth-order valence-corrected chi connectivity index (χ4v) is 3.12. The van der Waals surface area contributed by atoms with Crippen LogP contribution in [0.2, 0.25) is 0 Å². The number of amides is 1. The van der Waals surface area contributed by atoms with Gasteiger partial charge < -0.3 is 14.8 Å². The number of thioether (sulfide) groups is 1. The van der Waals surface area contributed by atoms with E-state index < -0.39 is 5.97 Å². The van der Waals surface area contributed by atoms with Crippen LogP contribution in [0, 0.1) is 6.92 Å². The van der Waals surface area contributed by atoms with Crippen molar-refractivity contribution in [1.29, 1.82) is 0 Å². The molecule has 2 rings (SSSR count). The Morgan fingerprint density at radius 1 is 1.08 bits per heavy atom. The molecular formula is C19H21NO4S. The molecular weight excluding hydrogens is 338 g/mol. The fourth-order valence-electron chi connectivity index (χ4n) is 2.25. The molecule has 0 heterocycles. The Morgan fingerprint density at radius 2 is 1.76 bits per heavy atom. The van der Waals surface area contributed by atoms with Crippen LogP contribution >= 0.6 is 11.8 Å². The van der Waals surface area contributed by atoms with Crippen molar-refractivity contribution >= 4 is 29.3 Å². The number of ether oxygens (including phenoxy) is 2. The van der Waals surface area contributed by atoms with Gasteiger partial charge in [-0.1, -0.05) is 6.07 Å². The summed E-state index contributed by atoms with van der Waals surface area (Å²) in [6.07, 6.45) is 0. The molecule has 2 aromatic carbocycles. The van der Waals surface area contributed by atoms with Crippen LogP contribution < -0.4 is 10.1 Å². The molecule has 0 aliphatic carbocycles. The monoisotopic (exact) mass is 359 g/mol. The van der Waals surface area contributed by atoms with Crippen molar-refractivity contribution in [3.05, 3.63) is 53.6 Å². The lowest BCUT2D eigenvalue weighted by Gasteiger charge is -2.15. The van der Waals surface area contributed by atoms with Gasteiger partial charge in [0.2, 0.25) is 5.91 Å². The Kier molecular flexibility index (Phi) is 6.47. The Morgan fingerprint density at radius 3 is 2.36 bits per heavy atom. The van der Waals surface area contributed by atoms with E-state index in [1.165, 1.54) is 18.9 Å². The lowest BCUT2D eigenvalue weighted by Crippen LogP contribution is -2.23. The number of methoxy groups -OCH3 is 2. The van der Waals surface area contributed by atoms with Crippen molar-refractivity contribution < 1.29 is 19.1 Å². The van der Waals surface area contributed by atoms with E-state index in [0.29, 0.717) is 16.8 Å². The Bertz CT molecular complexity index is 759. The third kappa shape index (κ3) is 4.76. The predicted octanol–water partition coefficient (Wildman–Crippen LogP) is 3.91. The van der Waals surface area contributed by atoms with Crippen LogP contribution in [0.4, 0.5) is 5.69 Å². The van der Waals surface area contributed by atoms with Crippen LogP contribution in [0.1, 0.15) is 22.8 Å². The van der Waals surface area contributed by atoms with Gasteiger partial charge >= 0.3 is 5.97 Å². The second-order valence-corrected chi connectivity index (χ2v) is 6.81. The third-order valence-electron chi connectivity index (χ3n) is 3.74. The molecule has 0 unspecified atom stereocenters. The summed E-state index contributed by atoms with van der Waals surface area (Å²) in [6.45, 7) is 3.62. The summed E-state index contributed by atoms with van der Waals surface area (Å²) in [5.74, 6) is 0.219. The normalized spacial score (nSPS) is 11.5. The Labute approximate surface area is 151 Å². The number of rotatable bonds is 6. The van der Waals surface area contributed by atoms with Gasteiger partial charge in [-0.05, 0) is 55.8 Å². The van der Waals surface area contributed by atoms with Crippen molar-refractivity contribution in [2.45, 2.75) is 24.0 Å². The summed E-state index contributed by atoms with van der Waals surface area (Å²) >= 11 is 1.45. The quantitative estimate of drug-likeness (QED) is 0.626. The van der Waals surface area contributed by atoms with E-state index >= 15 is 0 Å².